The van der Waals surface area contributed by atoms with Crippen molar-refractivity contribution >= 4 is 50.5 Å². The first kappa shape index (κ1) is 17.2. The monoisotopic (exact) mass is 387 g/mol. The summed E-state index contributed by atoms with van der Waals surface area (Å²) in [7, 11) is -1.23. The number of nitrogens with one attached hydrogen (secondary N) is 1. The number of hydrogen-bond acceptors (Lipinski definition) is 7. The van der Waals surface area contributed by atoms with Crippen LogP contribution in [-0.4, -0.2) is 48.2 Å². The van der Waals surface area contributed by atoms with Crippen LogP contribution in [0, 0.1) is 0 Å². The molecule has 1 unspecified atom stereocenters. The van der Waals surface area contributed by atoms with E-state index in [-0.39, 0.29) is 17.5 Å². The molecule has 0 spiro atoms. The Balaban J connectivity index is 1.82. The molecule has 0 amide bonds. The molecular weight excluding hydrogens is 373 g/mol. The summed E-state index contributed by atoms with van der Waals surface area (Å²) in [4.78, 5) is 6.10. The van der Waals surface area contributed by atoms with Gasteiger partial charge in [-0.15, -0.1) is 5.10 Å². The third-order valence-corrected chi connectivity index (χ3v) is 6.22. The van der Waals surface area contributed by atoms with Crippen LogP contribution < -0.4 is 10.2 Å². The highest BCUT2D eigenvalue weighted by Crippen LogP contribution is 2.32. The Kier molecular flexibility index (Phi) is 4.80. The number of aromatic nitrogens is 3. The third kappa shape index (κ3) is 3.71. The van der Waals surface area contributed by atoms with Crippen LogP contribution in [0.4, 0.5) is 17.5 Å². The van der Waals surface area contributed by atoms with Crippen LogP contribution in [0.5, 0.6) is 0 Å². The third-order valence-electron chi connectivity index (χ3n) is 3.84. The molecule has 128 valence electrons. The van der Waals surface area contributed by atoms with Gasteiger partial charge in [-0.25, -0.2) is 8.42 Å². The topological polar surface area (TPSA) is 88.1 Å². The van der Waals surface area contributed by atoms with Crippen LogP contribution in [0.1, 0.15) is 6.42 Å². The maximum atomic E-state index is 11.6. The number of hydrogen-bond donors (Lipinski definition) is 1. The second kappa shape index (κ2) is 6.70. The van der Waals surface area contributed by atoms with E-state index in [2.05, 4.69) is 20.5 Å². The van der Waals surface area contributed by atoms with Crippen molar-refractivity contribution in [2.24, 2.45) is 0 Å². The number of rotatable bonds is 4. The second-order valence-electron chi connectivity index (χ2n) is 5.53. The van der Waals surface area contributed by atoms with Crippen LogP contribution in [0.2, 0.25) is 10.0 Å². The molecule has 0 saturated carbocycles. The predicted octanol–water partition coefficient (Wildman–Crippen LogP) is 2.55. The normalized spacial score (nSPS) is 19.2. The summed E-state index contributed by atoms with van der Waals surface area (Å²) in [5.41, 5.74) is 0.526. The van der Waals surface area contributed by atoms with Crippen molar-refractivity contribution in [2.45, 2.75) is 12.5 Å². The lowest BCUT2D eigenvalue weighted by Crippen LogP contribution is -2.34. The van der Waals surface area contributed by atoms with Gasteiger partial charge < -0.3 is 10.2 Å². The van der Waals surface area contributed by atoms with Gasteiger partial charge in [0.05, 0.1) is 33.4 Å². The Hall–Kier alpha value is -1.64. The van der Waals surface area contributed by atoms with Gasteiger partial charge in [0.1, 0.15) is 0 Å². The van der Waals surface area contributed by atoms with Gasteiger partial charge >= 0.3 is 0 Å². The van der Waals surface area contributed by atoms with Crippen molar-refractivity contribution in [1.82, 2.24) is 15.2 Å². The predicted molar refractivity (Wildman–Crippen MR) is 95.0 cm³/mol. The van der Waals surface area contributed by atoms with Gasteiger partial charge in [-0.2, -0.15) is 10.1 Å². The molecule has 1 aromatic carbocycles. The zero-order valence-corrected chi connectivity index (χ0v) is 15.1. The SMILES string of the molecule is CN(c1nncc(Nc2c(Cl)cccc2Cl)n1)C1CCS(=O)(=O)C1. The van der Waals surface area contributed by atoms with Gasteiger partial charge in [0.25, 0.3) is 0 Å². The molecule has 24 heavy (non-hydrogen) atoms. The zero-order valence-electron chi connectivity index (χ0n) is 12.8. The summed E-state index contributed by atoms with van der Waals surface area (Å²) in [5, 5.41) is 11.8. The molecule has 1 aliphatic heterocycles. The highest BCUT2D eigenvalue weighted by Gasteiger charge is 2.32. The molecule has 1 saturated heterocycles. The zero-order chi connectivity index (χ0) is 17.3. The Morgan fingerprint density at radius 1 is 1.29 bits per heavy atom. The van der Waals surface area contributed by atoms with Crippen molar-refractivity contribution in [2.75, 3.05) is 28.8 Å². The minimum absolute atomic E-state index is 0.0981. The molecule has 1 aliphatic rings. The largest absolute Gasteiger partial charge is 0.338 e. The fourth-order valence-corrected chi connectivity index (χ4v) is 4.76. The Morgan fingerprint density at radius 3 is 2.62 bits per heavy atom. The molecular formula is C14H15Cl2N5O2S. The van der Waals surface area contributed by atoms with E-state index in [1.165, 1.54) is 6.20 Å². The minimum atomic E-state index is -2.99. The van der Waals surface area contributed by atoms with E-state index >= 15 is 0 Å². The fourth-order valence-electron chi connectivity index (χ4n) is 2.49. The summed E-state index contributed by atoms with van der Waals surface area (Å²) >= 11 is 12.3. The number of sulfone groups is 1. The van der Waals surface area contributed by atoms with E-state index in [0.717, 1.165) is 0 Å². The van der Waals surface area contributed by atoms with Gasteiger partial charge in [0, 0.05) is 13.1 Å². The maximum Gasteiger partial charge on any atom is 0.247 e. The quantitative estimate of drug-likeness (QED) is 0.861. The van der Waals surface area contributed by atoms with E-state index in [1.807, 2.05) is 0 Å². The second-order valence-corrected chi connectivity index (χ2v) is 8.57. The van der Waals surface area contributed by atoms with Gasteiger partial charge in [0.15, 0.2) is 15.7 Å². The van der Waals surface area contributed by atoms with Crippen LogP contribution >= 0.6 is 23.2 Å². The van der Waals surface area contributed by atoms with Crippen molar-refractivity contribution in [3.05, 3.63) is 34.4 Å². The Bertz CT molecular complexity index is 842. The average Bonchev–Trinajstić information content (AvgIpc) is 2.91. The molecule has 10 heteroatoms. The number of halogens is 2. The first-order valence-corrected chi connectivity index (χ1v) is 9.77. The summed E-state index contributed by atoms with van der Waals surface area (Å²) in [6.45, 7) is 0. The summed E-state index contributed by atoms with van der Waals surface area (Å²) < 4.78 is 23.3. The number of nitrogens with zero attached hydrogens (tertiary/aromatic N) is 4. The van der Waals surface area contributed by atoms with Gasteiger partial charge in [-0.05, 0) is 18.6 Å². The van der Waals surface area contributed by atoms with E-state index < -0.39 is 9.84 Å². The van der Waals surface area contributed by atoms with Crippen LogP contribution in [-0.2, 0) is 9.84 Å². The number of benzene rings is 1. The molecule has 0 bridgehead atoms. The van der Waals surface area contributed by atoms with Crippen molar-refractivity contribution in [3.8, 4) is 0 Å². The lowest BCUT2D eigenvalue weighted by atomic mass is 10.2. The molecule has 2 aromatic rings. The molecule has 2 heterocycles. The Morgan fingerprint density at radius 2 is 2.00 bits per heavy atom. The van der Waals surface area contributed by atoms with Crippen LogP contribution in [0.15, 0.2) is 24.4 Å². The molecule has 0 aliphatic carbocycles. The summed E-state index contributed by atoms with van der Waals surface area (Å²) in [6.07, 6.45) is 2.00. The van der Waals surface area contributed by atoms with Crippen LogP contribution in [0.25, 0.3) is 0 Å². The lowest BCUT2D eigenvalue weighted by molar-refractivity contribution is 0.600. The van der Waals surface area contributed by atoms with Crippen molar-refractivity contribution < 1.29 is 8.42 Å². The molecule has 1 fully saturated rings. The minimum Gasteiger partial charge on any atom is -0.338 e. The summed E-state index contributed by atoms with van der Waals surface area (Å²) in [5.74, 6) is 1.04. The van der Waals surface area contributed by atoms with E-state index in [9.17, 15) is 8.42 Å². The molecule has 1 N–H and O–H groups in total. The molecule has 1 atom stereocenters. The first-order chi connectivity index (χ1) is 11.4. The highest BCUT2D eigenvalue weighted by atomic mass is 35.5. The summed E-state index contributed by atoms with van der Waals surface area (Å²) in [6, 6.07) is 5.01. The van der Waals surface area contributed by atoms with Crippen molar-refractivity contribution in [1.29, 1.82) is 0 Å². The van der Waals surface area contributed by atoms with E-state index in [0.29, 0.717) is 33.9 Å². The lowest BCUT2D eigenvalue weighted by Gasteiger charge is -2.23. The van der Waals surface area contributed by atoms with Crippen molar-refractivity contribution in [3.63, 3.8) is 0 Å². The molecule has 7 nitrogen and oxygen atoms in total. The standard InChI is InChI=1S/C14H15Cl2N5O2S/c1-21(9-5-6-24(22,23)8-9)14-19-12(7-17-20-14)18-13-10(15)3-2-4-11(13)16/h2-4,7,9H,5-6,8H2,1H3,(H,18,19,20). The van der Waals surface area contributed by atoms with E-state index in [1.54, 1.807) is 30.1 Å². The number of anilines is 3. The van der Waals surface area contributed by atoms with Gasteiger partial charge in [-0.1, -0.05) is 29.3 Å². The number of para-hydroxylation sites is 1. The smallest absolute Gasteiger partial charge is 0.247 e. The van der Waals surface area contributed by atoms with Gasteiger partial charge in [0.2, 0.25) is 5.95 Å². The Labute approximate surface area is 149 Å². The fraction of sp³-hybridized carbons (Fsp3) is 0.357. The highest BCUT2D eigenvalue weighted by molar-refractivity contribution is 7.91. The van der Waals surface area contributed by atoms with Crippen LogP contribution in [0.3, 0.4) is 0 Å². The maximum absolute atomic E-state index is 11.6. The first-order valence-electron chi connectivity index (χ1n) is 7.20. The van der Waals surface area contributed by atoms with E-state index in [4.69, 9.17) is 23.2 Å². The molecule has 1 aromatic heterocycles. The molecule has 0 radical (unpaired) electrons. The van der Waals surface area contributed by atoms with Gasteiger partial charge in [-0.3, -0.25) is 0 Å². The molecule has 3 rings (SSSR count). The average molecular weight is 388 g/mol.